The van der Waals surface area contributed by atoms with Crippen molar-refractivity contribution in [3.8, 4) is 0 Å². The van der Waals surface area contributed by atoms with Crippen LogP contribution in [0.3, 0.4) is 0 Å². The topological polar surface area (TPSA) is 55.1 Å². The van der Waals surface area contributed by atoms with Gasteiger partial charge in [-0.2, -0.15) is 0 Å². The molecule has 0 aromatic carbocycles. The third kappa shape index (κ3) is 3.70. The van der Waals surface area contributed by atoms with Gasteiger partial charge in [0.2, 0.25) is 5.91 Å². The van der Waals surface area contributed by atoms with Crippen molar-refractivity contribution in [1.82, 2.24) is 5.32 Å². The van der Waals surface area contributed by atoms with Crippen molar-refractivity contribution in [2.45, 2.75) is 65.8 Å². The summed E-state index contributed by atoms with van der Waals surface area (Å²) < 4.78 is 0. The second-order valence-electron chi connectivity index (χ2n) is 6.55. The Labute approximate surface area is 106 Å². The summed E-state index contributed by atoms with van der Waals surface area (Å²) in [5.41, 5.74) is 5.68. The zero-order chi connectivity index (χ0) is 13.1. The van der Waals surface area contributed by atoms with E-state index < -0.39 is 5.41 Å². The number of hydrogen-bond donors (Lipinski definition) is 2. The highest BCUT2D eigenvalue weighted by molar-refractivity contribution is 5.82. The molecule has 0 saturated heterocycles. The molecule has 17 heavy (non-hydrogen) atoms. The fraction of sp³-hybridized carbons (Fsp3) is 0.929. The molecule has 2 atom stereocenters. The lowest BCUT2D eigenvalue weighted by Crippen LogP contribution is -2.49. The molecule has 0 spiro atoms. The maximum absolute atomic E-state index is 12.2. The number of nitrogens with two attached hydrogens (primary N) is 1. The summed E-state index contributed by atoms with van der Waals surface area (Å²) in [6.45, 7) is 8.97. The molecular formula is C14H28N2O. The van der Waals surface area contributed by atoms with E-state index in [0.29, 0.717) is 18.0 Å². The molecule has 3 N–H and O–H groups in total. The summed E-state index contributed by atoms with van der Waals surface area (Å²) in [5, 5.41) is 3.20. The van der Waals surface area contributed by atoms with E-state index in [4.69, 9.17) is 5.73 Å². The highest BCUT2D eigenvalue weighted by Gasteiger charge is 2.34. The Hall–Kier alpha value is -0.570. The summed E-state index contributed by atoms with van der Waals surface area (Å²) in [7, 11) is 0. The average Bonchev–Trinajstić information content (AvgIpc) is 2.26. The lowest BCUT2D eigenvalue weighted by atomic mass is 9.74. The van der Waals surface area contributed by atoms with Gasteiger partial charge in [0.1, 0.15) is 0 Å². The van der Waals surface area contributed by atoms with E-state index in [1.54, 1.807) is 0 Å². The molecular weight excluding hydrogens is 212 g/mol. The van der Waals surface area contributed by atoms with E-state index in [1.807, 2.05) is 13.8 Å². The van der Waals surface area contributed by atoms with Crippen LogP contribution in [0.2, 0.25) is 0 Å². The van der Waals surface area contributed by atoms with Gasteiger partial charge >= 0.3 is 0 Å². The van der Waals surface area contributed by atoms with E-state index in [1.165, 1.54) is 12.8 Å². The second kappa shape index (κ2) is 5.38. The first-order valence-electron chi connectivity index (χ1n) is 6.84. The molecule has 1 aliphatic rings. The minimum absolute atomic E-state index is 0.130. The quantitative estimate of drug-likeness (QED) is 0.793. The predicted octanol–water partition coefficient (Wildman–Crippen LogP) is 2.45. The molecule has 1 aliphatic carbocycles. The minimum Gasteiger partial charge on any atom is -0.353 e. The predicted molar refractivity (Wildman–Crippen MR) is 71.6 cm³/mol. The summed E-state index contributed by atoms with van der Waals surface area (Å²) in [6, 6.07) is 0.337. The van der Waals surface area contributed by atoms with Crippen LogP contribution in [0.25, 0.3) is 0 Å². The monoisotopic (exact) mass is 240 g/mol. The van der Waals surface area contributed by atoms with Gasteiger partial charge in [-0.15, -0.1) is 0 Å². The van der Waals surface area contributed by atoms with E-state index in [0.717, 1.165) is 19.3 Å². The zero-order valence-electron chi connectivity index (χ0n) is 11.8. The number of amides is 1. The standard InChI is InChI=1S/C14H28N2O/c1-5-14(4,10-15)12(17)16-11-7-6-8-13(2,3)9-11/h11H,5-10,15H2,1-4H3,(H,16,17). The maximum atomic E-state index is 12.2. The van der Waals surface area contributed by atoms with Gasteiger partial charge in [0.05, 0.1) is 5.41 Å². The molecule has 1 fully saturated rings. The fourth-order valence-electron chi connectivity index (χ4n) is 2.58. The van der Waals surface area contributed by atoms with Crippen LogP contribution in [0.5, 0.6) is 0 Å². The first kappa shape index (κ1) is 14.5. The Balaban J connectivity index is 2.57. The van der Waals surface area contributed by atoms with Crippen molar-refractivity contribution < 1.29 is 4.79 Å². The average molecular weight is 240 g/mol. The van der Waals surface area contributed by atoms with Crippen LogP contribution in [0, 0.1) is 10.8 Å². The molecule has 0 heterocycles. The van der Waals surface area contributed by atoms with E-state index in [2.05, 4.69) is 19.2 Å². The number of carbonyl (C=O) groups is 1. The van der Waals surface area contributed by atoms with Crippen LogP contribution in [0.1, 0.15) is 59.8 Å². The summed E-state index contributed by atoms with van der Waals surface area (Å²) in [4.78, 5) is 12.2. The van der Waals surface area contributed by atoms with E-state index >= 15 is 0 Å². The molecule has 0 aromatic rings. The van der Waals surface area contributed by atoms with Crippen molar-refractivity contribution in [1.29, 1.82) is 0 Å². The van der Waals surface area contributed by atoms with Gasteiger partial charge in [-0.3, -0.25) is 4.79 Å². The fourth-order valence-corrected chi connectivity index (χ4v) is 2.58. The summed E-state index contributed by atoms with van der Waals surface area (Å²) in [6.07, 6.45) is 5.47. The highest BCUT2D eigenvalue weighted by atomic mass is 16.2. The van der Waals surface area contributed by atoms with Gasteiger partial charge in [0.25, 0.3) is 0 Å². The number of carbonyl (C=O) groups excluding carboxylic acids is 1. The Morgan fingerprint density at radius 2 is 2.18 bits per heavy atom. The van der Waals surface area contributed by atoms with Crippen LogP contribution in [-0.4, -0.2) is 18.5 Å². The molecule has 0 bridgehead atoms. The van der Waals surface area contributed by atoms with E-state index in [-0.39, 0.29) is 5.91 Å². The van der Waals surface area contributed by atoms with Crippen molar-refractivity contribution in [2.75, 3.05) is 6.54 Å². The smallest absolute Gasteiger partial charge is 0.227 e. The lowest BCUT2D eigenvalue weighted by molar-refractivity contribution is -0.131. The Kier molecular flexibility index (Phi) is 4.59. The molecule has 1 rings (SSSR count). The van der Waals surface area contributed by atoms with Gasteiger partial charge in [0.15, 0.2) is 0 Å². The number of nitrogens with one attached hydrogen (secondary N) is 1. The molecule has 1 saturated carbocycles. The SMILES string of the molecule is CCC(C)(CN)C(=O)NC1CCCC(C)(C)C1. The Morgan fingerprint density at radius 3 is 2.65 bits per heavy atom. The van der Waals surface area contributed by atoms with Crippen LogP contribution in [-0.2, 0) is 4.79 Å². The van der Waals surface area contributed by atoms with Crippen LogP contribution in [0.4, 0.5) is 0 Å². The first-order chi connectivity index (χ1) is 7.83. The minimum atomic E-state index is -0.401. The maximum Gasteiger partial charge on any atom is 0.227 e. The zero-order valence-corrected chi connectivity index (χ0v) is 11.8. The number of rotatable bonds is 4. The molecule has 0 aliphatic heterocycles. The van der Waals surface area contributed by atoms with Crippen molar-refractivity contribution in [3.63, 3.8) is 0 Å². The molecule has 0 aromatic heterocycles. The summed E-state index contributed by atoms with van der Waals surface area (Å²) in [5.74, 6) is 0.130. The lowest BCUT2D eigenvalue weighted by Gasteiger charge is -2.37. The largest absolute Gasteiger partial charge is 0.353 e. The first-order valence-corrected chi connectivity index (χ1v) is 6.84. The van der Waals surface area contributed by atoms with Gasteiger partial charge in [-0.05, 0) is 38.0 Å². The van der Waals surface area contributed by atoms with Crippen molar-refractivity contribution in [3.05, 3.63) is 0 Å². The van der Waals surface area contributed by atoms with Crippen molar-refractivity contribution >= 4 is 5.91 Å². The molecule has 1 amide bonds. The third-order valence-corrected chi connectivity index (χ3v) is 4.32. The number of hydrogen-bond acceptors (Lipinski definition) is 2. The molecule has 100 valence electrons. The van der Waals surface area contributed by atoms with Crippen LogP contribution >= 0.6 is 0 Å². The van der Waals surface area contributed by atoms with Crippen LogP contribution < -0.4 is 11.1 Å². The Bertz CT molecular complexity index is 269. The van der Waals surface area contributed by atoms with E-state index in [9.17, 15) is 4.79 Å². The van der Waals surface area contributed by atoms with Gasteiger partial charge < -0.3 is 11.1 Å². The van der Waals surface area contributed by atoms with Gasteiger partial charge in [-0.1, -0.05) is 27.2 Å². The molecule has 0 radical (unpaired) electrons. The highest BCUT2D eigenvalue weighted by Crippen LogP contribution is 2.35. The van der Waals surface area contributed by atoms with Gasteiger partial charge in [0, 0.05) is 12.6 Å². The summed E-state index contributed by atoms with van der Waals surface area (Å²) >= 11 is 0. The van der Waals surface area contributed by atoms with Crippen molar-refractivity contribution in [2.24, 2.45) is 16.6 Å². The third-order valence-electron chi connectivity index (χ3n) is 4.32. The molecule has 3 nitrogen and oxygen atoms in total. The van der Waals surface area contributed by atoms with Crippen LogP contribution in [0.15, 0.2) is 0 Å². The molecule has 3 heteroatoms. The Morgan fingerprint density at radius 1 is 1.53 bits per heavy atom. The molecule has 2 unspecified atom stereocenters. The van der Waals surface area contributed by atoms with Gasteiger partial charge in [-0.25, -0.2) is 0 Å². The second-order valence-corrected chi connectivity index (χ2v) is 6.55. The normalized spacial score (nSPS) is 27.2.